The van der Waals surface area contributed by atoms with Crippen LogP contribution in [-0.4, -0.2) is 22.2 Å². The third kappa shape index (κ3) is 2.20. The van der Waals surface area contributed by atoms with Gasteiger partial charge in [-0.25, -0.2) is 4.68 Å². The molecule has 0 aromatic carbocycles. The van der Waals surface area contributed by atoms with Gasteiger partial charge in [0.2, 0.25) is 5.91 Å². The van der Waals surface area contributed by atoms with Crippen LogP contribution in [0.5, 0.6) is 0 Å². The molecule has 19 heavy (non-hydrogen) atoms. The molecule has 1 saturated heterocycles. The van der Waals surface area contributed by atoms with Crippen molar-refractivity contribution >= 4 is 11.7 Å². The second-order valence-electron chi connectivity index (χ2n) is 5.73. The third-order valence-corrected chi connectivity index (χ3v) is 4.27. The van der Waals surface area contributed by atoms with Gasteiger partial charge in [-0.05, 0) is 19.8 Å². The van der Waals surface area contributed by atoms with Crippen molar-refractivity contribution in [3.05, 3.63) is 24.4 Å². The van der Waals surface area contributed by atoms with Crippen molar-refractivity contribution in [3.63, 3.8) is 0 Å². The van der Waals surface area contributed by atoms with Crippen molar-refractivity contribution in [1.82, 2.24) is 9.78 Å². The maximum atomic E-state index is 12.2. The fourth-order valence-electron chi connectivity index (χ4n) is 3.24. The zero-order valence-corrected chi connectivity index (χ0v) is 11.5. The number of rotatable bonds is 3. The zero-order valence-electron chi connectivity index (χ0n) is 11.5. The molecule has 0 N–H and O–H groups in total. The minimum Gasteiger partial charge on any atom is -0.296 e. The number of aryl methyl sites for hydroxylation is 1. The maximum Gasteiger partial charge on any atom is 0.228 e. The summed E-state index contributed by atoms with van der Waals surface area (Å²) in [5.41, 5.74) is 0.997. The summed E-state index contributed by atoms with van der Waals surface area (Å²) in [5, 5.41) is 4.62. The van der Waals surface area contributed by atoms with E-state index in [0.29, 0.717) is 12.5 Å². The van der Waals surface area contributed by atoms with E-state index in [1.807, 2.05) is 24.0 Å². The average Bonchev–Trinajstić information content (AvgIpc) is 3.07. The summed E-state index contributed by atoms with van der Waals surface area (Å²) >= 11 is 0. The first kappa shape index (κ1) is 12.5. The number of hydrogen-bond donors (Lipinski definition) is 0. The van der Waals surface area contributed by atoms with Gasteiger partial charge in [0.1, 0.15) is 5.82 Å². The number of carbonyl (C=O) groups is 1. The van der Waals surface area contributed by atoms with E-state index in [0.717, 1.165) is 18.1 Å². The maximum absolute atomic E-state index is 12.2. The molecular formula is C15H21N3O. The summed E-state index contributed by atoms with van der Waals surface area (Å²) in [7, 11) is 0. The molecule has 1 atom stereocenters. The summed E-state index contributed by atoms with van der Waals surface area (Å²) in [4.78, 5) is 14.1. The van der Waals surface area contributed by atoms with Crippen molar-refractivity contribution in [1.29, 1.82) is 0 Å². The number of nitrogens with zero attached hydrogens (tertiary/aromatic N) is 3. The lowest BCUT2D eigenvalue weighted by molar-refractivity contribution is -0.117. The Morgan fingerprint density at radius 1 is 1.42 bits per heavy atom. The topological polar surface area (TPSA) is 38.1 Å². The molecule has 2 aliphatic rings. The number of carbonyl (C=O) groups excluding carboxylic acids is 1. The standard InChI is InChI=1S/C15H21N3O/c1-3-12-9-15(19)17(10-12)14-8-11(2)16-18(14)13-6-4-5-7-13/h3,8,12-13H,1,4-7,9-10H2,2H3. The van der Waals surface area contributed by atoms with Gasteiger partial charge in [0, 0.05) is 24.9 Å². The lowest BCUT2D eigenvalue weighted by Crippen LogP contribution is -2.28. The van der Waals surface area contributed by atoms with Gasteiger partial charge in [0.15, 0.2) is 0 Å². The van der Waals surface area contributed by atoms with Crippen LogP contribution in [0.3, 0.4) is 0 Å². The molecule has 1 aliphatic heterocycles. The Labute approximate surface area is 114 Å². The van der Waals surface area contributed by atoms with Gasteiger partial charge < -0.3 is 0 Å². The fourth-order valence-corrected chi connectivity index (χ4v) is 3.24. The summed E-state index contributed by atoms with van der Waals surface area (Å²) in [6.07, 6.45) is 7.37. The van der Waals surface area contributed by atoms with Gasteiger partial charge in [-0.3, -0.25) is 9.69 Å². The molecule has 1 aromatic heterocycles. The van der Waals surface area contributed by atoms with Crippen molar-refractivity contribution in [2.75, 3.05) is 11.4 Å². The van der Waals surface area contributed by atoms with E-state index >= 15 is 0 Å². The van der Waals surface area contributed by atoms with Crippen LogP contribution in [0.1, 0.15) is 43.8 Å². The van der Waals surface area contributed by atoms with Crippen LogP contribution in [0.15, 0.2) is 18.7 Å². The van der Waals surface area contributed by atoms with E-state index in [-0.39, 0.29) is 11.8 Å². The van der Waals surface area contributed by atoms with Crippen LogP contribution in [-0.2, 0) is 4.79 Å². The van der Waals surface area contributed by atoms with E-state index < -0.39 is 0 Å². The summed E-state index contributed by atoms with van der Waals surface area (Å²) in [5.74, 6) is 1.46. The van der Waals surface area contributed by atoms with Crippen LogP contribution in [0.2, 0.25) is 0 Å². The first-order valence-electron chi connectivity index (χ1n) is 7.18. The minimum atomic E-state index is 0.198. The molecule has 102 valence electrons. The molecule has 0 bridgehead atoms. The van der Waals surface area contributed by atoms with Gasteiger partial charge in [-0.15, -0.1) is 6.58 Å². The van der Waals surface area contributed by atoms with Crippen LogP contribution < -0.4 is 4.90 Å². The monoisotopic (exact) mass is 259 g/mol. The third-order valence-electron chi connectivity index (χ3n) is 4.27. The highest BCUT2D eigenvalue weighted by atomic mass is 16.2. The molecule has 0 radical (unpaired) electrons. The highest BCUT2D eigenvalue weighted by molar-refractivity contribution is 5.95. The Balaban J connectivity index is 1.91. The molecule has 4 nitrogen and oxygen atoms in total. The SMILES string of the molecule is C=CC1CC(=O)N(c2cc(C)nn2C2CCCC2)C1. The largest absolute Gasteiger partial charge is 0.296 e. The molecule has 2 heterocycles. The summed E-state index contributed by atoms with van der Waals surface area (Å²) in [6.45, 7) is 6.56. The van der Waals surface area contributed by atoms with Crippen molar-refractivity contribution in [3.8, 4) is 0 Å². The van der Waals surface area contributed by atoms with Crippen LogP contribution in [0.4, 0.5) is 5.82 Å². The smallest absolute Gasteiger partial charge is 0.228 e. The normalized spacial score (nSPS) is 24.4. The predicted molar refractivity (Wildman–Crippen MR) is 75.1 cm³/mol. The van der Waals surface area contributed by atoms with Gasteiger partial charge in [-0.1, -0.05) is 18.9 Å². The van der Waals surface area contributed by atoms with Crippen LogP contribution >= 0.6 is 0 Å². The van der Waals surface area contributed by atoms with E-state index in [2.05, 4.69) is 16.4 Å². The fraction of sp³-hybridized carbons (Fsp3) is 0.600. The van der Waals surface area contributed by atoms with Gasteiger partial charge >= 0.3 is 0 Å². The molecule has 2 fully saturated rings. The van der Waals surface area contributed by atoms with Crippen LogP contribution in [0.25, 0.3) is 0 Å². The highest BCUT2D eigenvalue weighted by Gasteiger charge is 2.32. The molecule has 1 saturated carbocycles. The molecule has 1 aliphatic carbocycles. The van der Waals surface area contributed by atoms with Crippen molar-refractivity contribution in [2.24, 2.45) is 5.92 Å². The molecule has 1 unspecified atom stereocenters. The van der Waals surface area contributed by atoms with E-state index in [4.69, 9.17) is 0 Å². The summed E-state index contributed by atoms with van der Waals surface area (Å²) in [6, 6.07) is 2.51. The predicted octanol–water partition coefficient (Wildman–Crippen LogP) is 2.85. The van der Waals surface area contributed by atoms with Crippen molar-refractivity contribution in [2.45, 2.75) is 45.1 Å². The molecular weight excluding hydrogens is 238 g/mol. The van der Waals surface area contributed by atoms with E-state index in [1.165, 1.54) is 25.7 Å². The minimum absolute atomic E-state index is 0.198. The number of aromatic nitrogens is 2. The van der Waals surface area contributed by atoms with Gasteiger partial charge in [0.25, 0.3) is 0 Å². The van der Waals surface area contributed by atoms with E-state index in [1.54, 1.807) is 0 Å². The summed E-state index contributed by atoms with van der Waals surface area (Å²) < 4.78 is 2.09. The Hall–Kier alpha value is -1.58. The second kappa shape index (κ2) is 4.83. The zero-order chi connectivity index (χ0) is 13.4. The molecule has 4 heteroatoms. The average molecular weight is 259 g/mol. The number of hydrogen-bond acceptors (Lipinski definition) is 2. The Morgan fingerprint density at radius 3 is 2.79 bits per heavy atom. The highest BCUT2D eigenvalue weighted by Crippen LogP contribution is 2.35. The van der Waals surface area contributed by atoms with Crippen LogP contribution in [0, 0.1) is 12.8 Å². The molecule has 0 spiro atoms. The number of amides is 1. The second-order valence-corrected chi connectivity index (χ2v) is 5.73. The number of anilines is 1. The molecule has 1 aromatic rings. The quantitative estimate of drug-likeness (QED) is 0.783. The lowest BCUT2D eigenvalue weighted by Gasteiger charge is -2.21. The Morgan fingerprint density at radius 2 is 2.16 bits per heavy atom. The lowest BCUT2D eigenvalue weighted by atomic mass is 10.1. The molecule has 1 amide bonds. The first-order valence-corrected chi connectivity index (χ1v) is 7.18. The van der Waals surface area contributed by atoms with Gasteiger partial charge in [-0.2, -0.15) is 5.10 Å². The van der Waals surface area contributed by atoms with Gasteiger partial charge in [0.05, 0.1) is 11.7 Å². The Bertz CT molecular complexity index is 499. The molecule has 3 rings (SSSR count). The first-order chi connectivity index (χ1) is 9.19. The Kier molecular flexibility index (Phi) is 3.17. The van der Waals surface area contributed by atoms with E-state index in [9.17, 15) is 4.79 Å². The van der Waals surface area contributed by atoms with Crippen molar-refractivity contribution < 1.29 is 4.79 Å².